The number of hydrogen-bond donors (Lipinski definition) is 2. The van der Waals surface area contributed by atoms with E-state index in [4.69, 9.17) is 5.73 Å². The maximum absolute atomic E-state index is 9.79. The summed E-state index contributed by atoms with van der Waals surface area (Å²) in [5.74, 6) is 0.528. The number of benzene rings is 1. The van der Waals surface area contributed by atoms with Gasteiger partial charge in [-0.2, -0.15) is 0 Å². The molecule has 1 heterocycles. The zero-order valence-corrected chi connectivity index (χ0v) is 10.5. The van der Waals surface area contributed by atoms with E-state index in [0.717, 1.165) is 32.5 Å². The van der Waals surface area contributed by atoms with Crippen molar-refractivity contribution >= 4 is 5.69 Å². The summed E-state index contributed by atoms with van der Waals surface area (Å²) in [5.41, 5.74) is 8.34. The van der Waals surface area contributed by atoms with Gasteiger partial charge in [-0.05, 0) is 31.0 Å². The number of nitrogens with two attached hydrogens (primary N) is 1. The molecule has 1 aromatic carbocycles. The summed E-state index contributed by atoms with van der Waals surface area (Å²) in [6.45, 7) is 4.47. The van der Waals surface area contributed by atoms with Crippen molar-refractivity contribution in [2.24, 2.45) is 5.73 Å². The van der Waals surface area contributed by atoms with E-state index in [2.05, 4.69) is 29.2 Å². The molecule has 3 nitrogen and oxygen atoms in total. The van der Waals surface area contributed by atoms with Crippen LogP contribution in [0, 0.1) is 0 Å². The monoisotopic (exact) mass is 234 g/mol. The summed E-state index contributed by atoms with van der Waals surface area (Å²) >= 11 is 0. The molecule has 1 aliphatic heterocycles. The van der Waals surface area contributed by atoms with Crippen molar-refractivity contribution < 1.29 is 5.11 Å². The van der Waals surface area contributed by atoms with Crippen LogP contribution in [0.25, 0.3) is 0 Å². The minimum atomic E-state index is -0.236. The average molecular weight is 234 g/mol. The van der Waals surface area contributed by atoms with E-state index < -0.39 is 0 Å². The lowest BCUT2D eigenvalue weighted by Crippen LogP contribution is -2.31. The number of aliphatic hydroxyl groups is 1. The minimum absolute atomic E-state index is 0.236. The van der Waals surface area contributed by atoms with Crippen LogP contribution in [0.2, 0.25) is 0 Å². The zero-order valence-electron chi connectivity index (χ0n) is 10.5. The predicted molar refractivity (Wildman–Crippen MR) is 71.4 cm³/mol. The molecule has 3 N–H and O–H groups in total. The van der Waals surface area contributed by atoms with Crippen molar-refractivity contribution in [3.8, 4) is 0 Å². The largest absolute Gasteiger partial charge is 0.391 e. The highest BCUT2D eigenvalue weighted by Crippen LogP contribution is 2.37. The molecule has 2 rings (SSSR count). The Labute approximate surface area is 103 Å². The fourth-order valence-corrected chi connectivity index (χ4v) is 2.59. The van der Waals surface area contributed by atoms with Crippen molar-refractivity contribution in [2.75, 3.05) is 24.5 Å². The molecule has 0 radical (unpaired) electrons. The lowest BCUT2D eigenvalue weighted by atomic mass is 9.98. The van der Waals surface area contributed by atoms with Crippen molar-refractivity contribution in [1.29, 1.82) is 0 Å². The molecule has 0 saturated carbocycles. The molecular weight excluding hydrogens is 212 g/mol. The summed E-state index contributed by atoms with van der Waals surface area (Å²) in [6.07, 6.45) is 1.59. The number of fused-ring (bicyclic) bond motifs is 1. The van der Waals surface area contributed by atoms with Gasteiger partial charge < -0.3 is 15.7 Å². The molecule has 0 amide bonds. The Kier molecular flexibility index (Phi) is 4.02. The van der Waals surface area contributed by atoms with Crippen molar-refractivity contribution in [3.05, 3.63) is 29.8 Å². The average Bonchev–Trinajstić information content (AvgIpc) is 2.69. The van der Waals surface area contributed by atoms with Gasteiger partial charge in [-0.25, -0.2) is 0 Å². The number of hydrogen-bond acceptors (Lipinski definition) is 3. The number of β-amino-alcohol motifs (C(OH)–C–C–N with tert-alkyl or cyclic N) is 1. The number of para-hydroxylation sites is 1. The first-order chi connectivity index (χ1) is 8.26. The van der Waals surface area contributed by atoms with E-state index in [1.54, 1.807) is 0 Å². The van der Waals surface area contributed by atoms with Gasteiger partial charge in [0.2, 0.25) is 0 Å². The highest BCUT2D eigenvalue weighted by molar-refractivity contribution is 5.60. The first kappa shape index (κ1) is 12.4. The SMILES string of the molecule is CCC(O)CN1CC(CCN)c2ccccc21. The van der Waals surface area contributed by atoms with Gasteiger partial charge >= 0.3 is 0 Å². The third-order valence-electron chi connectivity index (χ3n) is 3.58. The fourth-order valence-electron chi connectivity index (χ4n) is 2.59. The Balaban J connectivity index is 2.16. The van der Waals surface area contributed by atoms with Gasteiger partial charge in [0.25, 0.3) is 0 Å². The van der Waals surface area contributed by atoms with E-state index in [9.17, 15) is 5.11 Å². The standard InChI is InChI=1S/C14H22N2O/c1-2-12(17)10-16-9-11(7-8-15)13-5-3-4-6-14(13)16/h3-6,11-12,17H,2,7-10,15H2,1H3. The van der Waals surface area contributed by atoms with Gasteiger partial charge in [0.05, 0.1) is 6.10 Å². The van der Waals surface area contributed by atoms with Crippen LogP contribution in [0.4, 0.5) is 5.69 Å². The predicted octanol–water partition coefficient (Wildman–Crippen LogP) is 1.71. The van der Waals surface area contributed by atoms with E-state index in [1.807, 2.05) is 6.92 Å². The fraction of sp³-hybridized carbons (Fsp3) is 0.571. The second kappa shape index (κ2) is 5.52. The van der Waals surface area contributed by atoms with Gasteiger partial charge in [0.15, 0.2) is 0 Å². The van der Waals surface area contributed by atoms with Gasteiger partial charge in [-0.15, -0.1) is 0 Å². The number of anilines is 1. The molecule has 0 aromatic heterocycles. The molecule has 0 bridgehead atoms. The lowest BCUT2D eigenvalue weighted by molar-refractivity contribution is 0.176. The maximum Gasteiger partial charge on any atom is 0.0712 e. The molecule has 0 fully saturated rings. The van der Waals surface area contributed by atoms with Crippen molar-refractivity contribution in [3.63, 3.8) is 0 Å². The molecule has 0 aliphatic carbocycles. The summed E-state index contributed by atoms with van der Waals surface area (Å²) in [7, 11) is 0. The quantitative estimate of drug-likeness (QED) is 0.815. The second-order valence-electron chi connectivity index (χ2n) is 4.80. The van der Waals surface area contributed by atoms with E-state index in [0.29, 0.717) is 5.92 Å². The molecule has 94 valence electrons. The van der Waals surface area contributed by atoms with Crippen LogP contribution < -0.4 is 10.6 Å². The Morgan fingerprint density at radius 2 is 2.24 bits per heavy atom. The van der Waals surface area contributed by atoms with Crippen LogP contribution in [-0.2, 0) is 0 Å². The first-order valence-electron chi connectivity index (χ1n) is 6.48. The number of nitrogens with zero attached hydrogens (tertiary/aromatic N) is 1. The summed E-state index contributed by atoms with van der Waals surface area (Å²) in [6, 6.07) is 8.49. The van der Waals surface area contributed by atoms with Crippen LogP contribution in [0.15, 0.2) is 24.3 Å². The highest BCUT2D eigenvalue weighted by atomic mass is 16.3. The van der Waals surface area contributed by atoms with Crippen LogP contribution in [0.1, 0.15) is 31.2 Å². The number of aliphatic hydroxyl groups excluding tert-OH is 1. The van der Waals surface area contributed by atoms with Gasteiger partial charge in [-0.3, -0.25) is 0 Å². The van der Waals surface area contributed by atoms with E-state index >= 15 is 0 Å². The first-order valence-corrected chi connectivity index (χ1v) is 6.48. The molecule has 0 spiro atoms. The van der Waals surface area contributed by atoms with Crippen LogP contribution in [0.3, 0.4) is 0 Å². The topological polar surface area (TPSA) is 49.5 Å². The molecule has 17 heavy (non-hydrogen) atoms. The Morgan fingerprint density at radius 3 is 2.94 bits per heavy atom. The Hall–Kier alpha value is -1.06. The third-order valence-corrected chi connectivity index (χ3v) is 3.58. The molecule has 3 heteroatoms. The van der Waals surface area contributed by atoms with Crippen molar-refractivity contribution in [2.45, 2.75) is 31.8 Å². The van der Waals surface area contributed by atoms with Gasteiger partial charge in [-0.1, -0.05) is 25.1 Å². The molecular formula is C14H22N2O. The summed E-state index contributed by atoms with van der Waals surface area (Å²) in [4.78, 5) is 2.30. The molecule has 2 atom stereocenters. The Bertz CT molecular complexity index is 367. The Morgan fingerprint density at radius 1 is 1.47 bits per heavy atom. The lowest BCUT2D eigenvalue weighted by Gasteiger charge is -2.22. The molecule has 1 aliphatic rings. The minimum Gasteiger partial charge on any atom is -0.391 e. The summed E-state index contributed by atoms with van der Waals surface area (Å²) < 4.78 is 0. The molecule has 2 unspecified atom stereocenters. The summed E-state index contributed by atoms with van der Waals surface area (Å²) in [5, 5.41) is 9.79. The van der Waals surface area contributed by atoms with Crippen LogP contribution in [0.5, 0.6) is 0 Å². The van der Waals surface area contributed by atoms with Crippen LogP contribution >= 0.6 is 0 Å². The normalized spacial score (nSPS) is 20.4. The number of rotatable bonds is 5. The second-order valence-corrected chi connectivity index (χ2v) is 4.80. The van der Waals surface area contributed by atoms with E-state index in [1.165, 1.54) is 11.3 Å². The van der Waals surface area contributed by atoms with Crippen LogP contribution in [-0.4, -0.2) is 30.8 Å². The van der Waals surface area contributed by atoms with E-state index in [-0.39, 0.29) is 6.10 Å². The van der Waals surface area contributed by atoms with Gasteiger partial charge in [0, 0.05) is 24.7 Å². The smallest absolute Gasteiger partial charge is 0.0712 e. The maximum atomic E-state index is 9.79. The zero-order chi connectivity index (χ0) is 12.3. The van der Waals surface area contributed by atoms with Gasteiger partial charge in [0.1, 0.15) is 0 Å². The third kappa shape index (κ3) is 2.61. The molecule has 0 saturated heterocycles. The van der Waals surface area contributed by atoms with Crippen molar-refractivity contribution in [1.82, 2.24) is 0 Å². The molecule has 1 aromatic rings. The highest BCUT2D eigenvalue weighted by Gasteiger charge is 2.28.